The SMILES string of the molecule is CC1(C)O[C@H]2[C@H](n3cc(-c4ccc(Cl)cc4)c4c(Nc5ccc(C#N)cc5)ncnc43)OC[C@H]2O1. The summed E-state index contributed by atoms with van der Waals surface area (Å²) in [7, 11) is 0. The molecule has 35 heavy (non-hydrogen) atoms. The van der Waals surface area contributed by atoms with Gasteiger partial charge in [0.2, 0.25) is 0 Å². The predicted molar refractivity (Wildman–Crippen MR) is 131 cm³/mol. The van der Waals surface area contributed by atoms with Gasteiger partial charge in [-0.15, -0.1) is 0 Å². The topological polar surface area (TPSA) is 94.2 Å². The number of ether oxygens (including phenoxy) is 3. The van der Waals surface area contributed by atoms with Gasteiger partial charge in [0.15, 0.2) is 12.0 Å². The summed E-state index contributed by atoms with van der Waals surface area (Å²) in [5.41, 5.74) is 4.00. The second kappa shape index (κ2) is 8.33. The van der Waals surface area contributed by atoms with E-state index in [2.05, 4.69) is 21.4 Å². The van der Waals surface area contributed by atoms with Crippen LogP contribution >= 0.6 is 11.6 Å². The first-order valence-electron chi connectivity index (χ1n) is 11.3. The van der Waals surface area contributed by atoms with Crippen LogP contribution in [0.15, 0.2) is 61.1 Å². The molecular formula is C26H22ClN5O3. The maximum atomic E-state index is 9.11. The number of halogens is 1. The van der Waals surface area contributed by atoms with Gasteiger partial charge in [0.25, 0.3) is 0 Å². The highest BCUT2D eigenvalue weighted by Crippen LogP contribution is 2.43. The van der Waals surface area contributed by atoms with Crippen molar-refractivity contribution in [3.05, 3.63) is 71.6 Å². The van der Waals surface area contributed by atoms with Crippen molar-refractivity contribution in [2.75, 3.05) is 11.9 Å². The van der Waals surface area contributed by atoms with Gasteiger partial charge in [-0.25, -0.2) is 9.97 Å². The number of benzene rings is 2. The van der Waals surface area contributed by atoms with E-state index in [9.17, 15) is 0 Å². The first-order valence-corrected chi connectivity index (χ1v) is 11.7. The fourth-order valence-electron chi connectivity index (χ4n) is 4.75. The first kappa shape index (κ1) is 22.0. The van der Waals surface area contributed by atoms with Gasteiger partial charge < -0.3 is 24.1 Å². The minimum atomic E-state index is -0.670. The van der Waals surface area contributed by atoms with Crippen LogP contribution in [-0.4, -0.2) is 39.1 Å². The molecule has 0 saturated carbocycles. The van der Waals surface area contributed by atoms with Crippen LogP contribution in [0.4, 0.5) is 11.5 Å². The number of nitrogens with one attached hydrogen (secondary N) is 1. The van der Waals surface area contributed by atoms with E-state index >= 15 is 0 Å². The lowest BCUT2D eigenvalue weighted by Gasteiger charge is -2.23. The van der Waals surface area contributed by atoms with E-state index < -0.39 is 12.0 Å². The molecule has 0 unspecified atom stereocenters. The summed E-state index contributed by atoms with van der Waals surface area (Å²) >= 11 is 6.16. The van der Waals surface area contributed by atoms with E-state index in [1.54, 1.807) is 12.1 Å². The molecule has 2 aromatic carbocycles. The average Bonchev–Trinajstić information content (AvgIpc) is 3.50. The Hall–Kier alpha value is -3.48. The summed E-state index contributed by atoms with van der Waals surface area (Å²) in [5, 5.41) is 14.0. The molecule has 2 saturated heterocycles. The molecule has 6 rings (SSSR count). The monoisotopic (exact) mass is 487 g/mol. The fourth-order valence-corrected chi connectivity index (χ4v) is 4.87. The van der Waals surface area contributed by atoms with Gasteiger partial charge in [-0.1, -0.05) is 23.7 Å². The second-order valence-electron chi connectivity index (χ2n) is 9.05. The van der Waals surface area contributed by atoms with Crippen LogP contribution in [0.1, 0.15) is 25.6 Å². The van der Waals surface area contributed by atoms with Crippen LogP contribution < -0.4 is 5.32 Å². The Labute approximate surface area is 207 Å². The maximum absolute atomic E-state index is 9.11. The maximum Gasteiger partial charge on any atom is 0.164 e. The molecular weight excluding hydrogens is 466 g/mol. The van der Waals surface area contributed by atoms with E-state index in [1.807, 2.05) is 61.0 Å². The summed E-state index contributed by atoms with van der Waals surface area (Å²) < 4.78 is 20.4. The Morgan fingerprint density at radius 3 is 2.60 bits per heavy atom. The Kier molecular flexibility index (Phi) is 5.24. The van der Waals surface area contributed by atoms with Crippen LogP contribution in [0, 0.1) is 11.3 Å². The van der Waals surface area contributed by atoms with Crippen LogP contribution in [0.25, 0.3) is 22.2 Å². The van der Waals surface area contributed by atoms with Crippen molar-refractivity contribution in [2.45, 2.75) is 38.1 Å². The molecule has 0 radical (unpaired) electrons. The average molecular weight is 488 g/mol. The minimum Gasteiger partial charge on any atom is -0.352 e. The molecule has 2 aromatic heterocycles. The van der Waals surface area contributed by atoms with Gasteiger partial charge in [0, 0.05) is 22.5 Å². The highest BCUT2D eigenvalue weighted by Gasteiger charge is 2.51. The van der Waals surface area contributed by atoms with Gasteiger partial charge in [-0.3, -0.25) is 0 Å². The third kappa shape index (κ3) is 3.93. The lowest BCUT2D eigenvalue weighted by atomic mass is 10.1. The van der Waals surface area contributed by atoms with Crippen molar-refractivity contribution >= 4 is 34.1 Å². The molecule has 4 aromatic rings. The van der Waals surface area contributed by atoms with Gasteiger partial charge >= 0.3 is 0 Å². The molecule has 4 heterocycles. The van der Waals surface area contributed by atoms with Crippen molar-refractivity contribution in [1.29, 1.82) is 5.26 Å². The summed E-state index contributed by atoms with van der Waals surface area (Å²) in [5.74, 6) is -0.0294. The van der Waals surface area contributed by atoms with Crippen LogP contribution in [0.5, 0.6) is 0 Å². The van der Waals surface area contributed by atoms with E-state index in [4.69, 9.17) is 31.1 Å². The number of fused-ring (bicyclic) bond motifs is 2. The number of aromatic nitrogens is 3. The number of hydrogen-bond donors (Lipinski definition) is 1. The quantitative estimate of drug-likeness (QED) is 0.411. The van der Waals surface area contributed by atoms with Gasteiger partial charge in [-0.05, 0) is 55.8 Å². The Balaban J connectivity index is 1.49. The van der Waals surface area contributed by atoms with Crippen LogP contribution in [0.3, 0.4) is 0 Å². The van der Waals surface area contributed by atoms with Crippen molar-refractivity contribution in [3.63, 3.8) is 0 Å². The fraction of sp³-hybridized carbons (Fsp3) is 0.269. The smallest absolute Gasteiger partial charge is 0.164 e. The van der Waals surface area contributed by atoms with Crippen molar-refractivity contribution in [3.8, 4) is 17.2 Å². The Morgan fingerprint density at radius 1 is 1.09 bits per heavy atom. The van der Waals surface area contributed by atoms with Crippen molar-refractivity contribution in [1.82, 2.24) is 14.5 Å². The molecule has 3 atom stereocenters. The lowest BCUT2D eigenvalue weighted by molar-refractivity contribution is -0.183. The lowest BCUT2D eigenvalue weighted by Crippen LogP contribution is -2.27. The number of nitrogens with zero attached hydrogens (tertiary/aromatic N) is 4. The summed E-state index contributed by atoms with van der Waals surface area (Å²) in [6, 6.07) is 17.0. The number of anilines is 2. The zero-order valence-corrected chi connectivity index (χ0v) is 19.9. The van der Waals surface area contributed by atoms with Gasteiger partial charge in [0.1, 0.15) is 30.0 Å². The molecule has 0 bridgehead atoms. The molecule has 0 amide bonds. The normalized spacial score (nSPS) is 22.7. The number of hydrogen-bond acceptors (Lipinski definition) is 7. The molecule has 2 fully saturated rings. The van der Waals surface area contributed by atoms with E-state index in [1.165, 1.54) is 6.33 Å². The summed E-state index contributed by atoms with van der Waals surface area (Å²) in [6.45, 7) is 4.27. The Bertz CT molecular complexity index is 1440. The van der Waals surface area contributed by atoms with Gasteiger partial charge in [0.05, 0.1) is 23.6 Å². The second-order valence-corrected chi connectivity index (χ2v) is 9.49. The van der Waals surface area contributed by atoms with Gasteiger partial charge in [-0.2, -0.15) is 5.26 Å². The molecule has 176 valence electrons. The van der Waals surface area contributed by atoms with Crippen molar-refractivity contribution < 1.29 is 14.2 Å². The largest absolute Gasteiger partial charge is 0.352 e. The highest BCUT2D eigenvalue weighted by molar-refractivity contribution is 6.30. The van der Waals surface area contributed by atoms with Crippen LogP contribution in [-0.2, 0) is 14.2 Å². The highest BCUT2D eigenvalue weighted by atomic mass is 35.5. The molecule has 2 aliphatic heterocycles. The number of rotatable bonds is 4. The zero-order chi connectivity index (χ0) is 24.2. The molecule has 2 aliphatic rings. The van der Waals surface area contributed by atoms with E-state index in [-0.39, 0.29) is 12.2 Å². The third-order valence-electron chi connectivity index (χ3n) is 6.25. The Morgan fingerprint density at radius 2 is 1.86 bits per heavy atom. The molecule has 1 N–H and O–H groups in total. The number of nitriles is 1. The van der Waals surface area contributed by atoms with E-state index in [0.717, 1.165) is 22.2 Å². The minimum absolute atomic E-state index is 0.149. The molecule has 8 nitrogen and oxygen atoms in total. The van der Waals surface area contributed by atoms with E-state index in [0.29, 0.717) is 28.7 Å². The molecule has 0 aliphatic carbocycles. The van der Waals surface area contributed by atoms with Crippen molar-refractivity contribution in [2.24, 2.45) is 0 Å². The standard InChI is InChI=1S/C26H22ClN5O3/c1-26(2)34-20-13-33-25(22(20)35-26)32-12-19(16-5-7-17(27)8-6-16)21-23(29-14-30-24(21)32)31-18-9-3-15(11-28)4-10-18/h3-10,12,14,20,22,25H,13H2,1-2H3,(H,29,30,31)/t20-,22-,25-/m1/s1. The molecule has 9 heteroatoms. The third-order valence-corrected chi connectivity index (χ3v) is 6.50. The zero-order valence-electron chi connectivity index (χ0n) is 19.1. The summed E-state index contributed by atoms with van der Waals surface area (Å²) in [4.78, 5) is 9.19. The first-order chi connectivity index (χ1) is 16.9. The predicted octanol–water partition coefficient (Wildman–Crippen LogP) is 5.42. The molecule has 0 spiro atoms. The van der Waals surface area contributed by atoms with Crippen LogP contribution in [0.2, 0.25) is 5.02 Å². The summed E-state index contributed by atoms with van der Waals surface area (Å²) in [6.07, 6.45) is 2.74.